The van der Waals surface area contributed by atoms with E-state index in [1.54, 1.807) is 47.7 Å². The first-order valence-corrected chi connectivity index (χ1v) is 21.2. The Morgan fingerprint density at radius 2 is 1.75 bits per heavy atom. The van der Waals surface area contributed by atoms with Crippen LogP contribution in [-0.2, 0) is 20.8 Å². The SMILES string of the molecule is CCCC(c1ccc(-c2ccc(C(=O)N3CCC(C(=O)Nc4ncc(SCc5ncc(C(C)(C)C)o5)s4)CC3)cc2)cc1)N(C)C(=O)/C(C#N)=C/c1nccs1. The van der Waals surface area contributed by atoms with E-state index < -0.39 is 0 Å². The number of nitrogens with zero attached hydrogens (tertiary/aromatic N) is 6. The van der Waals surface area contributed by atoms with Crippen molar-refractivity contribution in [1.82, 2.24) is 24.8 Å². The predicted octanol–water partition coefficient (Wildman–Crippen LogP) is 9.24. The fourth-order valence-corrected chi connectivity index (χ4v) is 8.74. The molecule has 1 fully saturated rings. The van der Waals surface area contributed by atoms with E-state index in [0.29, 0.717) is 53.3 Å². The highest BCUT2D eigenvalue weighted by Gasteiger charge is 2.29. The van der Waals surface area contributed by atoms with E-state index in [1.165, 1.54) is 28.7 Å². The Kier molecular flexibility index (Phi) is 13.2. The number of anilines is 1. The lowest BCUT2D eigenvalue weighted by atomic mass is 9.94. The first kappa shape index (κ1) is 40.6. The molecule has 2 aromatic carbocycles. The van der Waals surface area contributed by atoms with Gasteiger partial charge >= 0.3 is 0 Å². The number of rotatable bonds is 13. The van der Waals surface area contributed by atoms with Crippen LogP contribution in [0.1, 0.15) is 92.0 Å². The van der Waals surface area contributed by atoms with E-state index >= 15 is 0 Å². The summed E-state index contributed by atoms with van der Waals surface area (Å²) in [7, 11) is 1.74. The Labute approximate surface area is 339 Å². The number of benzene rings is 2. The van der Waals surface area contributed by atoms with Gasteiger partial charge in [0.05, 0.1) is 28.4 Å². The van der Waals surface area contributed by atoms with E-state index in [1.807, 2.05) is 59.5 Å². The standard InChI is InChI=1S/C42H45N7O4S3/c1-6-7-33(48(5)39(51)32(23-43)22-36-44-18-21-54-36)29-12-8-27(9-13-29)28-10-14-31(15-11-28)40(52)49-19-16-30(17-20-49)38(50)47-41-46-25-37(56-41)55-26-35-45-24-34(53-35)42(2,3)4/h8-15,18,21-22,24-25,30,33H,6-7,16-17,19-20,26H2,1-5H3,(H,46,47,50)/b32-22+. The van der Waals surface area contributed by atoms with Crippen molar-refractivity contribution >= 4 is 63.4 Å². The summed E-state index contributed by atoms with van der Waals surface area (Å²) in [6.45, 7) is 9.32. The third-order valence-electron chi connectivity index (χ3n) is 9.68. The van der Waals surface area contributed by atoms with Crippen LogP contribution in [0.5, 0.6) is 0 Å². The molecule has 1 atom stereocenters. The Morgan fingerprint density at radius 1 is 1.05 bits per heavy atom. The summed E-state index contributed by atoms with van der Waals surface area (Å²) in [6.07, 6.45) is 9.48. The highest BCUT2D eigenvalue weighted by atomic mass is 32.2. The van der Waals surface area contributed by atoms with Crippen LogP contribution in [0.2, 0.25) is 0 Å². The van der Waals surface area contributed by atoms with Gasteiger partial charge in [0.2, 0.25) is 11.8 Å². The zero-order chi connectivity index (χ0) is 39.8. The number of thioether (sulfide) groups is 1. The van der Waals surface area contributed by atoms with Crippen LogP contribution in [0.25, 0.3) is 17.2 Å². The number of likely N-dealkylation sites (N-methyl/N-ethyl adjacent to an activating group) is 1. The van der Waals surface area contributed by atoms with E-state index in [2.05, 4.69) is 48.0 Å². The molecule has 5 aromatic rings. The summed E-state index contributed by atoms with van der Waals surface area (Å²) >= 11 is 4.37. The second-order valence-corrected chi connectivity index (χ2v) is 17.9. The molecule has 4 heterocycles. The summed E-state index contributed by atoms with van der Waals surface area (Å²) in [6, 6.07) is 17.5. The quantitative estimate of drug-likeness (QED) is 0.0699. The van der Waals surface area contributed by atoms with Gasteiger partial charge in [-0.3, -0.25) is 14.4 Å². The summed E-state index contributed by atoms with van der Waals surface area (Å²) in [5.41, 5.74) is 3.48. The minimum absolute atomic E-state index is 0.0517. The largest absolute Gasteiger partial charge is 0.444 e. The van der Waals surface area contributed by atoms with Crippen LogP contribution in [0.15, 0.2) is 86.7 Å². The molecule has 1 N–H and O–H groups in total. The molecule has 11 nitrogen and oxygen atoms in total. The molecule has 1 saturated heterocycles. The van der Waals surface area contributed by atoms with E-state index in [-0.39, 0.29) is 40.7 Å². The number of amides is 3. The van der Waals surface area contributed by atoms with Crippen molar-refractivity contribution in [3.63, 3.8) is 0 Å². The Bertz CT molecular complexity index is 2190. The maximum absolute atomic E-state index is 13.4. The number of aromatic nitrogens is 3. The topological polar surface area (TPSA) is 145 Å². The molecule has 0 radical (unpaired) electrons. The van der Waals surface area contributed by atoms with Crippen molar-refractivity contribution in [2.24, 2.45) is 5.92 Å². The van der Waals surface area contributed by atoms with Crippen molar-refractivity contribution in [3.05, 3.63) is 106 Å². The molecule has 1 aliphatic rings. The zero-order valence-electron chi connectivity index (χ0n) is 32.2. The number of likely N-dealkylation sites (tertiary alicyclic amines) is 1. The van der Waals surface area contributed by atoms with Gasteiger partial charge in [0.1, 0.15) is 22.4 Å². The van der Waals surface area contributed by atoms with E-state index in [0.717, 1.165) is 39.5 Å². The van der Waals surface area contributed by atoms with Crippen molar-refractivity contribution in [1.29, 1.82) is 5.26 Å². The van der Waals surface area contributed by atoms with Crippen LogP contribution >= 0.6 is 34.4 Å². The lowest BCUT2D eigenvalue weighted by molar-refractivity contribution is -0.127. The Morgan fingerprint density at radius 3 is 2.36 bits per heavy atom. The minimum Gasteiger partial charge on any atom is -0.444 e. The number of nitriles is 1. The molecule has 56 heavy (non-hydrogen) atoms. The normalized spacial score (nSPS) is 14.3. The molecule has 6 rings (SSSR count). The maximum atomic E-state index is 13.4. The van der Waals surface area contributed by atoms with Gasteiger partial charge < -0.3 is 19.5 Å². The second kappa shape index (κ2) is 18.2. The number of nitrogens with one attached hydrogen (secondary N) is 1. The molecule has 0 aliphatic carbocycles. The average Bonchev–Trinajstić information content (AvgIpc) is 4.01. The zero-order valence-corrected chi connectivity index (χ0v) is 34.6. The molecular formula is C42H45N7O4S3. The first-order valence-electron chi connectivity index (χ1n) is 18.6. The molecule has 1 aliphatic heterocycles. The van der Waals surface area contributed by atoms with E-state index in [9.17, 15) is 19.6 Å². The monoisotopic (exact) mass is 807 g/mol. The average molecular weight is 808 g/mol. The third kappa shape index (κ3) is 10.0. The Hall–Kier alpha value is -5.10. The van der Waals surface area contributed by atoms with Crippen LogP contribution in [0.4, 0.5) is 5.13 Å². The molecule has 14 heteroatoms. The van der Waals surface area contributed by atoms with Gasteiger partial charge in [-0.2, -0.15) is 5.26 Å². The van der Waals surface area contributed by atoms with Crippen LogP contribution < -0.4 is 5.32 Å². The molecular weight excluding hydrogens is 763 g/mol. The molecule has 0 saturated carbocycles. The number of piperidine rings is 1. The first-order chi connectivity index (χ1) is 26.9. The molecule has 3 amide bonds. The Balaban J connectivity index is 0.990. The van der Waals surface area contributed by atoms with Crippen molar-refractivity contribution in [3.8, 4) is 17.2 Å². The third-order valence-corrected chi connectivity index (χ3v) is 12.5. The molecule has 290 valence electrons. The maximum Gasteiger partial charge on any atom is 0.264 e. The van der Waals surface area contributed by atoms with Crippen molar-refractivity contribution in [2.75, 3.05) is 25.5 Å². The van der Waals surface area contributed by atoms with Gasteiger partial charge in [0.15, 0.2) is 5.13 Å². The van der Waals surface area contributed by atoms with Crippen LogP contribution in [0.3, 0.4) is 0 Å². The summed E-state index contributed by atoms with van der Waals surface area (Å²) in [4.78, 5) is 56.3. The van der Waals surface area contributed by atoms with Gasteiger partial charge in [0, 0.05) is 48.6 Å². The lowest BCUT2D eigenvalue weighted by Gasteiger charge is -2.31. The number of hydrogen-bond acceptors (Lipinski definition) is 11. The number of hydrogen-bond donors (Lipinski definition) is 1. The van der Waals surface area contributed by atoms with Gasteiger partial charge in [-0.25, -0.2) is 15.0 Å². The smallest absolute Gasteiger partial charge is 0.264 e. The van der Waals surface area contributed by atoms with Gasteiger partial charge in [0.25, 0.3) is 11.8 Å². The lowest BCUT2D eigenvalue weighted by Crippen LogP contribution is -2.41. The summed E-state index contributed by atoms with van der Waals surface area (Å²) < 4.78 is 6.84. The number of thiazole rings is 2. The van der Waals surface area contributed by atoms with Gasteiger partial charge in [-0.1, -0.05) is 81.9 Å². The molecule has 3 aromatic heterocycles. The molecule has 0 bridgehead atoms. The fourth-order valence-electron chi connectivity index (χ4n) is 6.44. The number of carbonyl (C=O) groups is 3. The highest BCUT2D eigenvalue weighted by molar-refractivity contribution is 8.00. The highest BCUT2D eigenvalue weighted by Crippen LogP contribution is 2.33. The second-order valence-electron chi connectivity index (χ2n) is 14.7. The van der Waals surface area contributed by atoms with E-state index in [4.69, 9.17) is 4.42 Å². The van der Waals surface area contributed by atoms with Gasteiger partial charge in [-0.15, -0.1) is 23.1 Å². The number of carbonyl (C=O) groups excluding carboxylic acids is 3. The number of oxazole rings is 1. The summed E-state index contributed by atoms with van der Waals surface area (Å²) in [5.74, 6) is 1.42. The van der Waals surface area contributed by atoms with Crippen LogP contribution in [-0.4, -0.2) is 62.6 Å². The fraction of sp³-hybridized carbons (Fsp3) is 0.357. The van der Waals surface area contributed by atoms with Crippen LogP contribution in [0, 0.1) is 17.2 Å². The predicted molar refractivity (Wildman–Crippen MR) is 222 cm³/mol. The van der Waals surface area contributed by atoms with Gasteiger partial charge in [-0.05, 0) is 54.2 Å². The minimum atomic E-state index is -0.340. The molecule has 1 unspecified atom stereocenters. The van der Waals surface area contributed by atoms with Crippen molar-refractivity contribution < 1.29 is 18.8 Å². The summed E-state index contributed by atoms with van der Waals surface area (Å²) in [5, 5.41) is 15.7. The van der Waals surface area contributed by atoms with Crippen molar-refractivity contribution in [2.45, 2.75) is 74.8 Å². The molecule has 0 spiro atoms.